The molecule has 2 aliphatic heterocycles. The van der Waals surface area contributed by atoms with E-state index in [1.54, 1.807) is 103 Å². The van der Waals surface area contributed by atoms with Gasteiger partial charge in [-0.2, -0.15) is 0 Å². The number of nitrogens with zero attached hydrogens (tertiary/aromatic N) is 10. The summed E-state index contributed by atoms with van der Waals surface area (Å²) in [7, 11) is 1.55. The molecule has 6 heterocycles. The number of ether oxygens (including phenoxy) is 9. The van der Waals surface area contributed by atoms with Gasteiger partial charge in [0.15, 0.2) is 0 Å². The Balaban J connectivity index is 0.000000149. The molecule has 5 amide bonds. The monoisotopic (exact) mass is 1910 g/mol. The number of hydrogen-bond donors (Lipinski definition) is 8. The zero-order valence-electron chi connectivity index (χ0n) is 76.1. The van der Waals surface area contributed by atoms with Gasteiger partial charge in [0.25, 0.3) is 11.8 Å². The molecule has 11 aromatic carbocycles. The first kappa shape index (κ1) is 98.2. The van der Waals surface area contributed by atoms with Crippen molar-refractivity contribution in [1.82, 2.24) is 45.2 Å². The van der Waals surface area contributed by atoms with Gasteiger partial charge in [0.05, 0.1) is 43.4 Å². The summed E-state index contributed by atoms with van der Waals surface area (Å²) in [5, 5.41) is 25.3. The Bertz CT molecular complexity index is 6800. The highest BCUT2D eigenvalue weighted by atomic mass is 35.5. The number of methoxy groups -OCH3 is 1. The molecule has 15 aromatic rings. The van der Waals surface area contributed by atoms with Crippen molar-refractivity contribution in [3.05, 3.63) is 378 Å². The van der Waals surface area contributed by atoms with Crippen molar-refractivity contribution in [1.29, 1.82) is 0 Å². The third-order valence-electron chi connectivity index (χ3n) is 19.7. The molecule has 8 N–H and O–H groups in total. The average molecular weight is 1910 g/mol. The summed E-state index contributed by atoms with van der Waals surface area (Å²) in [5.41, 5.74) is 5.95. The Morgan fingerprint density at radius 3 is 1.38 bits per heavy atom. The fourth-order valence-corrected chi connectivity index (χ4v) is 14.3. The summed E-state index contributed by atoms with van der Waals surface area (Å²) < 4.78 is 51.5. The number of aromatic nitrogens is 8. The lowest BCUT2D eigenvalue weighted by Gasteiger charge is -2.39. The van der Waals surface area contributed by atoms with E-state index in [0.717, 1.165) is 74.8 Å². The van der Waals surface area contributed by atoms with Crippen molar-refractivity contribution in [3.8, 4) is 75.1 Å². The van der Waals surface area contributed by atoms with Crippen LogP contribution in [-0.4, -0.2) is 128 Å². The van der Waals surface area contributed by atoms with Crippen molar-refractivity contribution < 1.29 is 66.6 Å². The summed E-state index contributed by atoms with van der Waals surface area (Å²) in [5.74, 6) is 8.55. The standard InChI is InChI=1S/C29H27N5O5.C29H27N5O4.C25H20N4O2S.C23H21ClN4O3/c1-3-27(35)34-22-16-20(29(36)30-13-14-37-2)15-21(17-22)33-26-18-28(32-19-31-26)39-25-11-9-24(10-12-25)38-23-7-5-4-6-8-23;1-2-28(35)33-25-18-21(8-13-26(25)34-14-16-36-17-15-34)32-27-19-29(31-20-30-27)38-24-11-9-23(10-12-24)37-22-6-4-3-5-7-22;1-2-24(30)29-19-8-6-7-18(15-19)28-23-16-25(27-17-26-23)32-22-13-11-21(12-14-22)31-20-9-4-3-5-10-20;1-4-22(29)28-13-23(2,3)31-19-9-8-16(11-18(19)28)27-20-12-21(26-14-25-20)30-17-7-5-6-15(24)10-17/h3-12,15-19H,1,13-14H2,2H3,(H,30,36)(H,34,35)(H,31,32,33);2-13,18-20H,1,14-17H2,(H,33,35)(H,30,31,32);2-17H,1H2,(H,29,30)(H,26,27,28);4-12,14H,1,13H2,2-3H3,(H,25,26,27). The molecule has 0 unspecified atom stereocenters. The van der Waals surface area contributed by atoms with Crippen LogP contribution in [0.3, 0.4) is 0 Å². The number of para-hydroxylation sites is 3. The van der Waals surface area contributed by atoms with E-state index in [2.05, 4.69) is 114 Å². The van der Waals surface area contributed by atoms with E-state index in [4.69, 9.17) is 54.2 Å². The maximum atomic E-state index is 12.6. The van der Waals surface area contributed by atoms with Crippen LogP contribution in [0.5, 0.6) is 75.1 Å². The van der Waals surface area contributed by atoms with Gasteiger partial charge in [-0.25, -0.2) is 39.9 Å². The van der Waals surface area contributed by atoms with Gasteiger partial charge < -0.3 is 95.0 Å². The molecule has 34 heteroatoms. The second-order valence-corrected chi connectivity index (χ2v) is 32.2. The first-order chi connectivity index (χ1) is 68.2. The Morgan fingerprint density at radius 1 is 0.414 bits per heavy atom. The second kappa shape index (κ2) is 49.4. The Morgan fingerprint density at radius 2 is 0.850 bits per heavy atom. The molecule has 4 aromatic heterocycles. The third kappa shape index (κ3) is 30.4. The maximum Gasteiger partial charge on any atom is 0.251 e. The van der Waals surface area contributed by atoms with Crippen molar-refractivity contribution in [2.24, 2.45) is 0 Å². The molecule has 0 aliphatic carbocycles. The van der Waals surface area contributed by atoms with E-state index >= 15 is 0 Å². The van der Waals surface area contributed by atoms with Crippen LogP contribution in [0.2, 0.25) is 5.02 Å². The lowest BCUT2D eigenvalue weighted by atomic mass is 10.0. The highest BCUT2D eigenvalue weighted by Gasteiger charge is 2.35. The maximum absolute atomic E-state index is 12.6. The molecule has 706 valence electrons. The van der Waals surface area contributed by atoms with E-state index in [0.29, 0.717) is 147 Å². The molecule has 17 rings (SSSR count). The Labute approximate surface area is 816 Å². The fraction of sp³-hybridized carbons (Fsp3) is 0.104. The van der Waals surface area contributed by atoms with Gasteiger partial charge in [-0.15, -0.1) is 0 Å². The molecule has 0 atom stereocenters. The van der Waals surface area contributed by atoms with E-state index < -0.39 is 11.5 Å². The first-order valence-corrected chi connectivity index (χ1v) is 44.8. The SMILES string of the molecule is C=CC(=O)N1CC(C)(C)Oc2ccc(Nc3cc(Oc4cccc(Cl)c4)ncn3)cc21.C=CC(=O)Nc1cc(Nc2cc(Oc3ccc(Oc4ccccc4)cc3)ncn2)cc(C(=O)NCCOC)c1.C=CC(=O)Nc1cc(Nc2cc(Oc3ccc(Oc4ccccc4)cc3)ncn2)ccc1N1CCOCC1.C=CC(=O)Nc1cccc(Nc2cc(Sc3ccc(Oc4ccccc4)cc3)ncn2)c1. The number of nitrogens with one attached hydrogen (secondary N) is 8. The summed E-state index contributed by atoms with van der Waals surface area (Å²) in [6.45, 7) is 21.9. The minimum atomic E-state index is -0.500. The Hall–Kier alpha value is -17.8. The van der Waals surface area contributed by atoms with Crippen LogP contribution < -0.4 is 85.5 Å². The largest absolute Gasteiger partial charge is 0.484 e. The minimum absolute atomic E-state index is 0.186. The van der Waals surface area contributed by atoms with Crippen LogP contribution in [0.1, 0.15) is 24.2 Å². The number of amides is 5. The van der Waals surface area contributed by atoms with Gasteiger partial charge in [-0.1, -0.05) is 116 Å². The van der Waals surface area contributed by atoms with Crippen molar-refractivity contribution >= 4 is 127 Å². The number of carbonyl (C=O) groups is 5. The normalized spacial score (nSPS) is 11.9. The predicted octanol–water partition coefficient (Wildman–Crippen LogP) is 22.7. The molecule has 140 heavy (non-hydrogen) atoms. The van der Waals surface area contributed by atoms with Gasteiger partial charge in [-0.05, 0) is 238 Å². The van der Waals surface area contributed by atoms with Crippen LogP contribution in [0.25, 0.3) is 0 Å². The van der Waals surface area contributed by atoms with Crippen molar-refractivity contribution in [3.63, 3.8) is 0 Å². The highest BCUT2D eigenvalue weighted by molar-refractivity contribution is 7.99. The number of morpholine rings is 1. The zero-order chi connectivity index (χ0) is 97.8. The van der Waals surface area contributed by atoms with E-state index in [-0.39, 0.29) is 23.6 Å². The number of hydrogen-bond acceptors (Lipinski definition) is 28. The molecule has 1 saturated heterocycles. The topological polar surface area (TPSA) is 374 Å². The summed E-state index contributed by atoms with van der Waals surface area (Å²) in [6, 6.07) is 88.4. The van der Waals surface area contributed by atoms with E-state index in [9.17, 15) is 24.0 Å². The molecule has 0 bridgehead atoms. The molecular weight excluding hydrogens is 1820 g/mol. The lowest BCUT2D eigenvalue weighted by molar-refractivity contribution is -0.115. The number of halogens is 1. The number of fused-ring (bicyclic) bond motifs is 1. The molecule has 2 aliphatic rings. The fourth-order valence-electron chi connectivity index (χ4n) is 13.4. The lowest BCUT2D eigenvalue weighted by Crippen LogP contribution is -2.48. The van der Waals surface area contributed by atoms with Crippen LogP contribution in [0, 0.1) is 0 Å². The van der Waals surface area contributed by atoms with Crippen LogP contribution in [0.4, 0.5) is 74.5 Å². The Kier molecular flexibility index (Phi) is 34.7. The quantitative estimate of drug-likeness (QED) is 0.0105. The van der Waals surface area contributed by atoms with Gasteiger partial charge in [-0.3, -0.25) is 24.0 Å². The summed E-state index contributed by atoms with van der Waals surface area (Å²) in [4.78, 5) is 99.3. The molecule has 0 spiro atoms. The van der Waals surface area contributed by atoms with Gasteiger partial charge in [0, 0.05) is 101 Å². The minimum Gasteiger partial charge on any atom is -0.484 e. The van der Waals surface area contributed by atoms with Crippen LogP contribution >= 0.6 is 23.4 Å². The number of anilines is 13. The smallest absolute Gasteiger partial charge is 0.251 e. The van der Waals surface area contributed by atoms with Crippen molar-refractivity contribution in [2.75, 3.05) is 100 Å². The van der Waals surface area contributed by atoms with Crippen LogP contribution in [-0.2, 0) is 28.7 Å². The predicted molar refractivity (Wildman–Crippen MR) is 543 cm³/mol. The second-order valence-electron chi connectivity index (χ2n) is 30.7. The van der Waals surface area contributed by atoms with E-state index in [1.807, 2.05) is 214 Å². The van der Waals surface area contributed by atoms with Gasteiger partial charge >= 0.3 is 0 Å². The average Bonchev–Trinajstić information content (AvgIpc) is 0.772. The zero-order valence-corrected chi connectivity index (χ0v) is 77.7. The van der Waals surface area contributed by atoms with Crippen LogP contribution in [0.15, 0.2) is 377 Å². The van der Waals surface area contributed by atoms with Gasteiger partial charge in [0.2, 0.25) is 35.4 Å². The molecule has 0 saturated carbocycles. The molecular formula is C106H95ClN18O14S. The number of benzene rings is 11. The van der Waals surface area contributed by atoms with Gasteiger partial charge in [0.1, 0.15) is 117 Å². The molecule has 32 nitrogen and oxygen atoms in total. The molecule has 1 fully saturated rings. The van der Waals surface area contributed by atoms with E-state index in [1.165, 1.54) is 55.3 Å². The summed E-state index contributed by atoms with van der Waals surface area (Å²) in [6.07, 6.45) is 10.6. The first-order valence-electron chi connectivity index (χ1n) is 43.6. The molecule has 0 radical (unpaired) electrons. The highest BCUT2D eigenvalue weighted by Crippen LogP contribution is 2.42. The summed E-state index contributed by atoms with van der Waals surface area (Å²) >= 11 is 7.53. The van der Waals surface area contributed by atoms with Crippen molar-refractivity contribution in [2.45, 2.75) is 29.4 Å². The number of carbonyl (C=O) groups excluding carboxylic acids is 5. The third-order valence-corrected chi connectivity index (χ3v) is 20.9. The number of rotatable bonds is 34.